The molecule has 1 fully saturated rings. The van der Waals surface area contributed by atoms with Crippen molar-refractivity contribution in [2.24, 2.45) is 16.7 Å². The van der Waals surface area contributed by atoms with Crippen LogP contribution < -0.4 is 0 Å². The molecule has 84 valence electrons. The quantitative estimate of drug-likeness (QED) is 0.615. The second-order valence-corrected chi connectivity index (χ2v) is 8.11. The van der Waals surface area contributed by atoms with Crippen LogP contribution in [0.4, 0.5) is 0 Å². The van der Waals surface area contributed by atoms with E-state index in [1.165, 1.54) is 18.6 Å². The molecule has 0 aromatic heterocycles. The minimum Gasteiger partial charge on any atom is -0.158 e. The van der Waals surface area contributed by atoms with Gasteiger partial charge in [0.05, 0.1) is 0 Å². The molecule has 1 aliphatic heterocycles. The summed E-state index contributed by atoms with van der Waals surface area (Å²) in [6.07, 6.45) is 2.86. The maximum absolute atomic E-state index is 2.40. The molecule has 0 amide bonds. The first-order valence-electron chi connectivity index (χ1n) is 5.84. The van der Waals surface area contributed by atoms with Gasteiger partial charge in [0.25, 0.3) is 0 Å². The van der Waals surface area contributed by atoms with Gasteiger partial charge in [0.15, 0.2) is 0 Å². The minimum absolute atomic E-state index is 0.445. The van der Waals surface area contributed by atoms with E-state index >= 15 is 0 Å². The van der Waals surface area contributed by atoms with Gasteiger partial charge >= 0.3 is 0 Å². The Morgan fingerprint density at radius 2 is 1.50 bits per heavy atom. The van der Waals surface area contributed by atoms with E-state index in [1.807, 2.05) is 0 Å². The smallest absolute Gasteiger partial charge is 0.00855 e. The molecule has 0 saturated carbocycles. The summed E-state index contributed by atoms with van der Waals surface area (Å²) in [6.45, 7) is 14.4. The van der Waals surface area contributed by atoms with Gasteiger partial charge in [-0.1, -0.05) is 41.5 Å². The van der Waals surface area contributed by atoms with Crippen LogP contribution >= 0.6 is 11.8 Å². The maximum atomic E-state index is 2.40. The van der Waals surface area contributed by atoms with E-state index < -0.39 is 0 Å². The topological polar surface area (TPSA) is 0 Å². The van der Waals surface area contributed by atoms with Crippen LogP contribution in [-0.4, -0.2) is 11.0 Å². The SMILES string of the molecule is CC(C)(C)C(C1CCCS1)C(C)(C)C. The van der Waals surface area contributed by atoms with Crippen LogP contribution in [-0.2, 0) is 0 Å². The largest absolute Gasteiger partial charge is 0.158 e. The second-order valence-electron chi connectivity index (χ2n) is 6.76. The highest BCUT2D eigenvalue weighted by atomic mass is 32.2. The molecule has 0 aromatic carbocycles. The lowest BCUT2D eigenvalue weighted by Gasteiger charge is -2.44. The lowest BCUT2D eigenvalue weighted by atomic mass is 9.64. The molecular formula is C13H26S. The Kier molecular flexibility index (Phi) is 3.62. The van der Waals surface area contributed by atoms with Gasteiger partial charge in [-0.05, 0) is 35.3 Å². The van der Waals surface area contributed by atoms with Crippen LogP contribution in [0.5, 0.6) is 0 Å². The van der Waals surface area contributed by atoms with Crippen molar-refractivity contribution in [2.75, 3.05) is 5.75 Å². The zero-order chi connectivity index (χ0) is 11.0. The number of hydrogen-bond acceptors (Lipinski definition) is 1. The summed E-state index contributed by atoms with van der Waals surface area (Å²) in [5, 5.41) is 0.898. The zero-order valence-electron chi connectivity index (χ0n) is 10.7. The molecule has 0 spiro atoms. The van der Waals surface area contributed by atoms with Gasteiger partial charge in [-0.2, -0.15) is 11.8 Å². The third-order valence-electron chi connectivity index (χ3n) is 3.20. The standard InChI is InChI=1S/C13H26S/c1-12(2,3)11(13(4,5)6)10-8-7-9-14-10/h10-11H,7-9H2,1-6H3. The van der Waals surface area contributed by atoms with E-state index in [1.54, 1.807) is 0 Å². The summed E-state index contributed by atoms with van der Waals surface area (Å²) in [4.78, 5) is 0. The van der Waals surface area contributed by atoms with Crippen molar-refractivity contribution in [2.45, 2.75) is 59.6 Å². The monoisotopic (exact) mass is 214 g/mol. The van der Waals surface area contributed by atoms with E-state index in [4.69, 9.17) is 0 Å². The molecule has 0 bridgehead atoms. The molecule has 0 aromatic rings. The van der Waals surface area contributed by atoms with Crippen molar-refractivity contribution >= 4 is 11.8 Å². The summed E-state index contributed by atoms with van der Waals surface area (Å²) in [7, 11) is 0. The van der Waals surface area contributed by atoms with E-state index in [9.17, 15) is 0 Å². The summed E-state index contributed by atoms with van der Waals surface area (Å²) >= 11 is 2.20. The average Bonchev–Trinajstić information content (AvgIpc) is 2.31. The Labute approximate surface area is 94.2 Å². The Morgan fingerprint density at radius 3 is 1.79 bits per heavy atom. The molecule has 0 aliphatic carbocycles. The van der Waals surface area contributed by atoms with Gasteiger partial charge in [-0.3, -0.25) is 0 Å². The third-order valence-corrected chi connectivity index (χ3v) is 4.66. The van der Waals surface area contributed by atoms with Gasteiger partial charge in [0.1, 0.15) is 0 Å². The number of hydrogen-bond donors (Lipinski definition) is 0. The normalized spacial score (nSPS) is 24.6. The van der Waals surface area contributed by atoms with E-state index in [-0.39, 0.29) is 0 Å². The van der Waals surface area contributed by atoms with Crippen LogP contribution in [0, 0.1) is 16.7 Å². The summed E-state index contributed by atoms with van der Waals surface area (Å²) in [5.74, 6) is 2.22. The number of thioether (sulfide) groups is 1. The van der Waals surface area contributed by atoms with Gasteiger partial charge in [0.2, 0.25) is 0 Å². The molecule has 1 rings (SSSR count). The Hall–Kier alpha value is 0.350. The van der Waals surface area contributed by atoms with Crippen LogP contribution in [0.2, 0.25) is 0 Å². The highest BCUT2D eigenvalue weighted by Gasteiger charge is 2.41. The minimum atomic E-state index is 0.445. The fourth-order valence-electron chi connectivity index (χ4n) is 3.28. The molecule has 1 aliphatic rings. The van der Waals surface area contributed by atoms with Crippen LogP contribution in [0.3, 0.4) is 0 Å². The highest BCUT2D eigenvalue weighted by molar-refractivity contribution is 8.00. The first-order valence-corrected chi connectivity index (χ1v) is 6.89. The van der Waals surface area contributed by atoms with Crippen molar-refractivity contribution in [1.82, 2.24) is 0 Å². The van der Waals surface area contributed by atoms with Crippen molar-refractivity contribution in [3.05, 3.63) is 0 Å². The van der Waals surface area contributed by atoms with E-state index in [0.717, 1.165) is 11.2 Å². The summed E-state index contributed by atoms with van der Waals surface area (Å²) < 4.78 is 0. The summed E-state index contributed by atoms with van der Waals surface area (Å²) in [6, 6.07) is 0. The van der Waals surface area contributed by atoms with Crippen LogP contribution in [0.25, 0.3) is 0 Å². The van der Waals surface area contributed by atoms with Gasteiger partial charge in [0, 0.05) is 5.25 Å². The second kappa shape index (κ2) is 4.08. The highest BCUT2D eigenvalue weighted by Crippen LogP contribution is 2.49. The lowest BCUT2D eigenvalue weighted by Crippen LogP contribution is -2.39. The van der Waals surface area contributed by atoms with E-state index in [2.05, 4.69) is 53.3 Å². The fourth-order valence-corrected chi connectivity index (χ4v) is 5.26. The molecule has 0 nitrogen and oxygen atoms in total. The predicted molar refractivity (Wildman–Crippen MR) is 67.9 cm³/mol. The van der Waals surface area contributed by atoms with E-state index in [0.29, 0.717) is 10.8 Å². The van der Waals surface area contributed by atoms with Gasteiger partial charge in [-0.25, -0.2) is 0 Å². The average molecular weight is 214 g/mol. The first-order chi connectivity index (χ1) is 6.23. The van der Waals surface area contributed by atoms with Crippen molar-refractivity contribution in [1.29, 1.82) is 0 Å². The Morgan fingerprint density at radius 1 is 1.00 bits per heavy atom. The Bertz CT molecular complexity index is 162. The molecule has 1 heterocycles. The lowest BCUT2D eigenvalue weighted by molar-refractivity contribution is 0.0983. The molecule has 0 N–H and O–H groups in total. The first kappa shape index (κ1) is 12.4. The van der Waals surface area contributed by atoms with Crippen molar-refractivity contribution in [3.63, 3.8) is 0 Å². The molecule has 14 heavy (non-hydrogen) atoms. The van der Waals surface area contributed by atoms with Crippen LogP contribution in [0.1, 0.15) is 54.4 Å². The summed E-state index contributed by atoms with van der Waals surface area (Å²) in [5.41, 5.74) is 0.889. The van der Waals surface area contributed by atoms with Crippen molar-refractivity contribution in [3.8, 4) is 0 Å². The van der Waals surface area contributed by atoms with Crippen molar-refractivity contribution < 1.29 is 0 Å². The molecule has 1 saturated heterocycles. The third kappa shape index (κ3) is 2.92. The predicted octanol–water partition coefficient (Wildman–Crippen LogP) is 4.59. The van der Waals surface area contributed by atoms with Gasteiger partial charge < -0.3 is 0 Å². The maximum Gasteiger partial charge on any atom is 0.00855 e. The molecule has 1 heteroatoms. The molecule has 0 radical (unpaired) electrons. The zero-order valence-corrected chi connectivity index (χ0v) is 11.5. The molecule has 1 unspecified atom stereocenters. The fraction of sp³-hybridized carbons (Fsp3) is 1.00. The molecule has 1 atom stereocenters. The van der Waals surface area contributed by atoms with Gasteiger partial charge in [-0.15, -0.1) is 0 Å². The Balaban J connectivity index is 2.82. The molecular weight excluding hydrogens is 188 g/mol. The number of rotatable bonds is 1. The van der Waals surface area contributed by atoms with Crippen LogP contribution in [0.15, 0.2) is 0 Å².